The zero-order valence-electron chi connectivity index (χ0n) is 15.7. The molecular formula is C19H21Cl3N2O3S2. The Morgan fingerprint density at radius 3 is 2.52 bits per heavy atom. The lowest BCUT2D eigenvalue weighted by Gasteiger charge is -2.23. The second-order valence-electron chi connectivity index (χ2n) is 6.21. The van der Waals surface area contributed by atoms with E-state index in [1.54, 1.807) is 17.8 Å². The number of amides is 1. The van der Waals surface area contributed by atoms with Crippen LogP contribution >= 0.6 is 46.6 Å². The van der Waals surface area contributed by atoms with Gasteiger partial charge in [0.1, 0.15) is 6.54 Å². The van der Waals surface area contributed by atoms with Gasteiger partial charge in [-0.3, -0.25) is 9.10 Å². The standard InChI is InChI=1S/C19H21Cl3N2O3S2/c1-29(26,27)24(18-11-15(20)7-8-17(18)22)12-19(25)23-9-4-10-28-13-14-5-2-3-6-16(14)21/h2-3,5-8,11H,4,9-10,12-13H2,1H3,(H,23,25). The van der Waals surface area contributed by atoms with Crippen LogP contribution in [0.5, 0.6) is 0 Å². The van der Waals surface area contributed by atoms with E-state index in [1.165, 1.54) is 12.1 Å². The number of rotatable bonds is 10. The largest absolute Gasteiger partial charge is 0.354 e. The number of thioether (sulfide) groups is 1. The van der Waals surface area contributed by atoms with Gasteiger partial charge in [-0.2, -0.15) is 11.8 Å². The van der Waals surface area contributed by atoms with E-state index >= 15 is 0 Å². The molecule has 0 aliphatic heterocycles. The van der Waals surface area contributed by atoms with E-state index in [2.05, 4.69) is 5.32 Å². The predicted octanol–water partition coefficient (Wildman–Crippen LogP) is 4.85. The number of nitrogens with one attached hydrogen (secondary N) is 1. The Labute approximate surface area is 190 Å². The monoisotopic (exact) mass is 494 g/mol. The third-order valence-electron chi connectivity index (χ3n) is 3.87. The quantitative estimate of drug-likeness (QED) is 0.478. The van der Waals surface area contributed by atoms with Crippen LogP contribution < -0.4 is 9.62 Å². The molecule has 2 rings (SSSR count). The van der Waals surface area contributed by atoms with Crippen molar-refractivity contribution >= 4 is 68.2 Å². The van der Waals surface area contributed by atoms with Gasteiger partial charge in [0.05, 0.1) is 17.0 Å². The molecule has 0 aliphatic carbocycles. The third kappa shape index (κ3) is 7.90. The Morgan fingerprint density at radius 1 is 1.10 bits per heavy atom. The zero-order valence-corrected chi connectivity index (χ0v) is 19.6. The van der Waals surface area contributed by atoms with Crippen LogP contribution in [0.3, 0.4) is 0 Å². The third-order valence-corrected chi connectivity index (χ3v) is 7.01. The van der Waals surface area contributed by atoms with Crippen molar-refractivity contribution in [3.63, 3.8) is 0 Å². The lowest BCUT2D eigenvalue weighted by atomic mass is 10.2. The molecule has 1 N–H and O–H groups in total. The van der Waals surface area contributed by atoms with Crippen LogP contribution in [0.2, 0.25) is 15.1 Å². The van der Waals surface area contributed by atoms with Crippen molar-refractivity contribution in [1.82, 2.24) is 5.32 Å². The highest BCUT2D eigenvalue weighted by Gasteiger charge is 2.23. The van der Waals surface area contributed by atoms with Crippen LogP contribution in [-0.2, 0) is 20.6 Å². The fraction of sp³-hybridized carbons (Fsp3) is 0.316. The number of carbonyl (C=O) groups excluding carboxylic acids is 1. The molecule has 0 heterocycles. The summed E-state index contributed by atoms with van der Waals surface area (Å²) in [6, 6.07) is 12.1. The molecule has 0 bridgehead atoms. The normalized spacial score (nSPS) is 11.3. The average Bonchev–Trinajstić information content (AvgIpc) is 2.65. The van der Waals surface area contributed by atoms with Crippen LogP contribution in [0, 0.1) is 0 Å². The Kier molecular flexibility index (Phi) is 9.43. The number of hydrogen-bond acceptors (Lipinski definition) is 4. The number of sulfonamides is 1. The molecule has 2 aromatic carbocycles. The van der Waals surface area contributed by atoms with E-state index in [9.17, 15) is 13.2 Å². The molecule has 0 fully saturated rings. The van der Waals surface area contributed by atoms with Crippen molar-refractivity contribution in [1.29, 1.82) is 0 Å². The number of carbonyl (C=O) groups is 1. The van der Waals surface area contributed by atoms with Crippen molar-refractivity contribution in [2.24, 2.45) is 0 Å². The van der Waals surface area contributed by atoms with Crippen LogP contribution in [0.25, 0.3) is 0 Å². The van der Waals surface area contributed by atoms with E-state index in [0.29, 0.717) is 11.6 Å². The first-order valence-electron chi connectivity index (χ1n) is 8.69. The van der Waals surface area contributed by atoms with Gasteiger partial charge in [-0.15, -0.1) is 0 Å². The minimum absolute atomic E-state index is 0.173. The van der Waals surface area contributed by atoms with Gasteiger partial charge < -0.3 is 5.32 Å². The molecule has 5 nitrogen and oxygen atoms in total. The Hall–Kier alpha value is -1.12. The zero-order chi connectivity index (χ0) is 21.4. The van der Waals surface area contributed by atoms with Gasteiger partial charge in [0.25, 0.3) is 0 Å². The summed E-state index contributed by atoms with van der Waals surface area (Å²) in [7, 11) is -3.71. The summed E-state index contributed by atoms with van der Waals surface area (Å²) in [5.74, 6) is 1.21. The first-order valence-corrected chi connectivity index (χ1v) is 12.8. The number of nitrogens with zero attached hydrogens (tertiary/aromatic N) is 1. The summed E-state index contributed by atoms with van der Waals surface area (Å²) in [5, 5.41) is 4.01. The topological polar surface area (TPSA) is 66.5 Å². The molecule has 158 valence electrons. The highest BCUT2D eigenvalue weighted by molar-refractivity contribution is 7.98. The van der Waals surface area contributed by atoms with Crippen LogP contribution in [0.4, 0.5) is 5.69 Å². The minimum atomic E-state index is -3.71. The number of benzene rings is 2. The molecule has 0 unspecified atom stereocenters. The maximum absolute atomic E-state index is 12.3. The van der Waals surface area contributed by atoms with Crippen LogP contribution in [0.15, 0.2) is 42.5 Å². The van der Waals surface area contributed by atoms with Crippen LogP contribution in [-0.4, -0.2) is 39.4 Å². The number of hydrogen-bond donors (Lipinski definition) is 1. The summed E-state index contributed by atoms with van der Waals surface area (Å²) in [6.07, 6.45) is 1.76. The fourth-order valence-corrected chi connectivity index (χ4v) is 4.99. The molecule has 10 heteroatoms. The fourth-order valence-electron chi connectivity index (χ4n) is 2.44. The molecular weight excluding hydrogens is 475 g/mol. The number of halogens is 3. The lowest BCUT2D eigenvalue weighted by Crippen LogP contribution is -2.40. The van der Waals surface area contributed by atoms with Gasteiger partial charge in [0, 0.05) is 22.3 Å². The van der Waals surface area contributed by atoms with Gasteiger partial charge in [-0.05, 0) is 42.0 Å². The van der Waals surface area contributed by atoms with Crippen molar-refractivity contribution in [3.8, 4) is 0 Å². The molecule has 0 saturated heterocycles. The van der Waals surface area contributed by atoms with Gasteiger partial charge in [-0.25, -0.2) is 8.42 Å². The Morgan fingerprint density at radius 2 is 1.83 bits per heavy atom. The van der Waals surface area contributed by atoms with Gasteiger partial charge >= 0.3 is 0 Å². The molecule has 0 atom stereocenters. The summed E-state index contributed by atoms with van der Waals surface area (Å²) in [6.45, 7) is 0.0703. The second-order valence-corrected chi connectivity index (χ2v) is 10.5. The van der Waals surface area contributed by atoms with Gasteiger partial charge in [0.15, 0.2) is 0 Å². The first-order chi connectivity index (χ1) is 13.7. The first kappa shape index (κ1) is 24.2. The highest BCUT2D eigenvalue weighted by atomic mass is 35.5. The molecule has 0 aromatic heterocycles. The molecule has 0 radical (unpaired) electrons. The van der Waals surface area contributed by atoms with E-state index in [1.807, 2.05) is 24.3 Å². The molecule has 1 amide bonds. The average molecular weight is 496 g/mol. The smallest absolute Gasteiger partial charge is 0.240 e. The minimum Gasteiger partial charge on any atom is -0.354 e. The van der Waals surface area contributed by atoms with Gasteiger partial charge in [0.2, 0.25) is 15.9 Å². The van der Waals surface area contributed by atoms with Crippen molar-refractivity contribution in [2.45, 2.75) is 12.2 Å². The van der Waals surface area contributed by atoms with Crippen LogP contribution in [0.1, 0.15) is 12.0 Å². The predicted molar refractivity (Wildman–Crippen MR) is 124 cm³/mol. The molecule has 0 spiro atoms. The summed E-state index contributed by atoms with van der Waals surface area (Å²) in [4.78, 5) is 12.3. The summed E-state index contributed by atoms with van der Waals surface area (Å²) >= 11 is 19.9. The Balaban J connectivity index is 1.82. The van der Waals surface area contributed by atoms with Crippen molar-refractivity contribution < 1.29 is 13.2 Å². The van der Waals surface area contributed by atoms with E-state index in [-0.39, 0.29) is 17.3 Å². The van der Waals surface area contributed by atoms with Crippen molar-refractivity contribution in [2.75, 3.05) is 29.4 Å². The maximum atomic E-state index is 12.3. The Bertz CT molecular complexity index is 955. The molecule has 29 heavy (non-hydrogen) atoms. The molecule has 0 saturated carbocycles. The van der Waals surface area contributed by atoms with E-state index in [4.69, 9.17) is 34.8 Å². The lowest BCUT2D eigenvalue weighted by molar-refractivity contribution is -0.119. The van der Waals surface area contributed by atoms with E-state index in [0.717, 1.165) is 39.1 Å². The van der Waals surface area contributed by atoms with Crippen molar-refractivity contribution in [3.05, 3.63) is 63.1 Å². The van der Waals surface area contributed by atoms with E-state index < -0.39 is 15.9 Å². The molecule has 0 aliphatic rings. The number of anilines is 1. The summed E-state index contributed by atoms with van der Waals surface area (Å²) in [5.41, 5.74) is 1.25. The highest BCUT2D eigenvalue weighted by Crippen LogP contribution is 2.30. The maximum Gasteiger partial charge on any atom is 0.240 e. The summed E-state index contributed by atoms with van der Waals surface area (Å²) < 4.78 is 25.2. The second kappa shape index (κ2) is 11.3. The molecule has 2 aromatic rings. The van der Waals surface area contributed by atoms with Gasteiger partial charge in [-0.1, -0.05) is 53.0 Å². The SMILES string of the molecule is CS(=O)(=O)N(CC(=O)NCCCSCc1ccccc1Cl)c1cc(Cl)ccc1Cl.